The van der Waals surface area contributed by atoms with Crippen LogP contribution in [0.3, 0.4) is 0 Å². The third-order valence-electron chi connectivity index (χ3n) is 2.84. The molecule has 0 saturated carbocycles. The summed E-state index contributed by atoms with van der Waals surface area (Å²) in [6, 6.07) is 4.66. The zero-order valence-electron chi connectivity index (χ0n) is 12.0. The summed E-state index contributed by atoms with van der Waals surface area (Å²) in [7, 11) is 3.04. The van der Waals surface area contributed by atoms with E-state index >= 15 is 0 Å². The van der Waals surface area contributed by atoms with E-state index in [0.717, 1.165) is 0 Å². The monoisotopic (exact) mass is 308 g/mol. The Morgan fingerprint density at radius 1 is 1.41 bits per heavy atom. The van der Waals surface area contributed by atoms with Crippen molar-refractivity contribution < 1.29 is 23.0 Å². The molecule has 0 aliphatic carbocycles. The summed E-state index contributed by atoms with van der Waals surface area (Å²) in [6.45, 7) is -2.99. The quantitative estimate of drug-likeness (QED) is 0.608. The van der Waals surface area contributed by atoms with Crippen molar-refractivity contribution in [3.8, 4) is 11.5 Å². The van der Waals surface area contributed by atoms with Crippen molar-refractivity contribution in [2.45, 2.75) is 6.61 Å². The van der Waals surface area contributed by atoms with Crippen molar-refractivity contribution in [2.24, 2.45) is 7.05 Å². The van der Waals surface area contributed by atoms with E-state index in [1.54, 1.807) is 25.4 Å². The van der Waals surface area contributed by atoms with Gasteiger partial charge in [0.25, 0.3) is 0 Å². The first kappa shape index (κ1) is 15.7. The molecule has 0 saturated heterocycles. The summed E-state index contributed by atoms with van der Waals surface area (Å²) in [5, 5.41) is 3.90. The number of carbonyl (C=O) groups is 1. The first-order valence-electron chi connectivity index (χ1n) is 6.34. The zero-order chi connectivity index (χ0) is 16.1. The molecule has 0 aliphatic rings. The van der Waals surface area contributed by atoms with Crippen LogP contribution in [-0.4, -0.2) is 29.3 Å². The Bertz CT molecular complexity index is 696. The van der Waals surface area contributed by atoms with Crippen molar-refractivity contribution >= 4 is 11.9 Å². The van der Waals surface area contributed by atoms with Crippen molar-refractivity contribution in [1.82, 2.24) is 9.78 Å². The van der Waals surface area contributed by atoms with Crippen LogP contribution < -0.4 is 9.47 Å². The van der Waals surface area contributed by atoms with Gasteiger partial charge >= 0.3 is 6.61 Å². The second kappa shape index (κ2) is 6.84. The first-order chi connectivity index (χ1) is 10.5. The third-order valence-corrected chi connectivity index (χ3v) is 2.84. The molecule has 0 bridgehead atoms. The highest BCUT2D eigenvalue weighted by atomic mass is 19.3. The van der Waals surface area contributed by atoms with Gasteiger partial charge in [-0.3, -0.25) is 9.48 Å². The van der Waals surface area contributed by atoms with Gasteiger partial charge < -0.3 is 9.47 Å². The number of alkyl halides is 2. The fourth-order valence-electron chi connectivity index (χ4n) is 1.85. The number of halogens is 2. The summed E-state index contributed by atoms with van der Waals surface area (Å²) in [4.78, 5) is 12.0. The molecule has 1 aromatic heterocycles. The average Bonchev–Trinajstić information content (AvgIpc) is 2.92. The van der Waals surface area contributed by atoms with E-state index in [9.17, 15) is 13.6 Å². The van der Waals surface area contributed by atoms with Crippen molar-refractivity contribution in [3.05, 3.63) is 47.8 Å². The zero-order valence-corrected chi connectivity index (χ0v) is 12.0. The van der Waals surface area contributed by atoms with E-state index in [2.05, 4.69) is 9.84 Å². The van der Waals surface area contributed by atoms with E-state index in [4.69, 9.17) is 4.74 Å². The Morgan fingerprint density at radius 3 is 2.77 bits per heavy atom. The number of aromatic nitrogens is 2. The summed E-state index contributed by atoms with van der Waals surface area (Å²) in [6.07, 6.45) is 5.66. The molecule has 0 radical (unpaired) electrons. The number of nitrogens with zero attached hydrogens (tertiary/aromatic N) is 2. The smallest absolute Gasteiger partial charge is 0.387 e. The standard InChI is InChI=1S/C15H14F2N2O3/c1-19-9-11(8-18-19)12(20)7-6-10-4-3-5-13(21-2)14(10)22-15(16)17/h3-9,15H,1-2H3/b7-6+. The topological polar surface area (TPSA) is 53.3 Å². The highest BCUT2D eigenvalue weighted by Crippen LogP contribution is 2.33. The van der Waals surface area contributed by atoms with Gasteiger partial charge in [0.1, 0.15) is 0 Å². The fourth-order valence-corrected chi connectivity index (χ4v) is 1.85. The number of ether oxygens (including phenoxy) is 2. The second-order valence-corrected chi connectivity index (χ2v) is 4.36. The molecule has 2 rings (SSSR count). The molecule has 0 amide bonds. The Labute approximate surface area is 125 Å². The van der Waals surface area contributed by atoms with Crippen LogP contribution in [0, 0.1) is 0 Å². The van der Waals surface area contributed by atoms with Gasteiger partial charge in [0.05, 0.1) is 18.9 Å². The number of benzene rings is 1. The fraction of sp³-hybridized carbons (Fsp3) is 0.200. The molecule has 1 aromatic carbocycles. The summed E-state index contributed by atoms with van der Waals surface area (Å²) in [5.41, 5.74) is 0.717. The number of methoxy groups -OCH3 is 1. The van der Waals surface area contributed by atoms with Crippen molar-refractivity contribution in [3.63, 3.8) is 0 Å². The molecule has 0 spiro atoms. The molecule has 7 heteroatoms. The van der Waals surface area contributed by atoms with Gasteiger partial charge in [0.15, 0.2) is 17.3 Å². The number of ketones is 1. The highest BCUT2D eigenvalue weighted by molar-refractivity contribution is 6.06. The number of allylic oxidation sites excluding steroid dienone is 1. The van der Waals surface area contributed by atoms with Crippen LogP contribution in [-0.2, 0) is 7.05 Å². The molecule has 22 heavy (non-hydrogen) atoms. The lowest BCUT2D eigenvalue weighted by atomic mass is 10.1. The third kappa shape index (κ3) is 3.69. The van der Waals surface area contributed by atoms with E-state index in [0.29, 0.717) is 11.1 Å². The van der Waals surface area contributed by atoms with Crippen LogP contribution in [0.25, 0.3) is 6.08 Å². The Morgan fingerprint density at radius 2 is 2.18 bits per heavy atom. The van der Waals surface area contributed by atoms with Gasteiger partial charge in [-0.1, -0.05) is 12.1 Å². The molecular formula is C15H14F2N2O3. The number of hydrogen-bond acceptors (Lipinski definition) is 4. The van der Waals surface area contributed by atoms with Crippen LogP contribution in [0.4, 0.5) is 8.78 Å². The number of carbonyl (C=O) groups excluding carboxylic acids is 1. The molecule has 0 aliphatic heterocycles. The molecule has 5 nitrogen and oxygen atoms in total. The molecule has 116 valence electrons. The van der Waals surface area contributed by atoms with Crippen molar-refractivity contribution in [1.29, 1.82) is 0 Å². The van der Waals surface area contributed by atoms with Crippen LogP contribution in [0.1, 0.15) is 15.9 Å². The van der Waals surface area contributed by atoms with E-state index < -0.39 is 6.61 Å². The van der Waals surface area contributed by atoms with Crippen LogP contribution in [0.5, 0.6) is 11.5 Å². The number of aryl methyl sites for hydroxylation is 1. The maximum absolute atomic E-state index is 12.5. The largest absolute Gasteiger partial charge is 0.493 e. The average molecular weight is 308 g/mol. The normalized spacial score (nSPS) is 11.1. The Hall–Kier alpha value is -2.70. The van der Waals surface area contributed by atoms with Crippen LogP contribution >= 0.6 is 0 Å². The van der Waals surface area contributed by atoms with Crippen LogP contribution in [0.2, 0.25) is 0 Å². The minimum absolute atomic E-state index is 0.116. The molecule has 0 atom stereocenters. The lowest BCUT2D eigenvalue weighted by Gasteiger charge is -2.12. The second-order valence-electron chi connectivity index (χ2n) is 4.36. The van der Waals surface area contributed by atoms with Crippen molar-refractivity contribution in [2.75, 3.05) is 7.11 Å². The molecule has 0 fully saturated rings. The van der Waals surface area contributed by atoms with Gasteiger partial charge in [0, 0.05) is 18.8 Å². The lowest BCUT2D eigenvalue weighted by molar-refractivity contribution is -0.0513. The van der Waals surface area contributed by atoms with E-state index in [-0.39, 0.29) is 17.3 Å². The number of para-hydroxylation sites is 1. The molecular weight excluding hydrogens is 294 g/mol. The number of hydrogen-bond donors (Lipinski definition) is 0. The van der Waals surface area contributed by atoms with Crippen LogP contribution in [0.15, 0.2) is 36.7 Å². The lowest BCUT2D eigenvalue weighted by Crippen LogP contribution is -2.05. The Balaban J connectivity index is 2.28. The van der Waals surface area contributed by atoms with Gasteiger partial charge in [0.2, 0.25) is 0 Å². The minimum atomic E-state index is -2.99. The molecule has 0 unspecified atom stereocenters. The maximum Gasteiger partial charge on any atom is 0.387 e. The van der Waals surface area contributed by atoms with Gasteiger partial charge in [-0.2, -0.15) is 13.9 Å². The summed E-state index contributed by atoms with van der Waals surface area (Å²) >= 11 is 0. The summed E-state index contributed by atoms with van der Waals surface area (Å²) in [5.74, 6) is -0.245. The van der Waals surface area contributed by atoms with E-state index in [1.807, 2.05) is 0 Å². The van der Waals surface area contributed by atoms with Gasteiger partial charge in [-0.15, -0.1) is 0 Å². The predicted molar refractivity (Wildman–Crippen MR) is 76.2 cm³/mol. The summed E-state index contributed by atoms with van der Waals surface area (Å²) < 4.78 is 36.0. The SMILES string of the molecule is COc1cccc(/C=C/C(=O)c2cnn(C)c2)c1OC(F)F. The Kier molecular flexibility index (Phi) is 4.88. The molecule has 1 heterocycles. The van der Waals surface area contributed by atoms with Gasteiger partial charge in [-0.05, 0) is 18.2 Å². The van der Waals surface area contributed by atoms with E-state index in [1.165, 1.54) is 36.2 Å². The molecule has 0 N–H and O–H groups in total. The first-order valence-corrected chi connectivity index (χ1v) is 6.34. The minimum Gasteiger partial charge on any atom is -0.493 e. The number of rotatable bonds is 6. The predicted octanol–water partition coefficient (Wildman–Crippen LogP) is 2.93. The maximum atomic E-state index is 12.5. The highest BCUT2D eigenvalue weighted by Gasteiger charge is 2.14. The van der Waals surface area contributed by atoms with Gasteiger partial charge in [-0.25, -0.2) is 0 Å². The molecule has 2 aromatic rings.